The zero-order chi connectivity index (χ0) is 18.4. The van der Waals surface area contributed by atoms with E-state index in [-0.39, 0.29) is 11.8 Å². The van der Waals surface area contributed by atoms with Crippen molar-refractivity contribution in [2.24, 2.45) is 17.6 Å². The van der Waals surface area contributed by atoms with Crippen molar-refractivity contribution in [3.05, 3.63) is 53.6 Å². The van der Waals surface area contributed by atoms with Crippen molar-refractivity contribution in [2.75, 3.05) is 13.7 Å². The Kier molecular flexibility index (Phi) is 3.94. The van der Waals surface area contributed by atoms with E-state index < -0.39 is 11.9 Å². The molecule has 1 heterocycles. The van der Waals surface area contributed by atoms with E-state index in [9.17, 15) is 9.59 Å². The van der Waals surface area contributed by atoms with Crippen molar-refractivity contribution < 1.29 is 14.3 Å². The molecule has 0 unspecified atom stereocenters. The Hall–Kier alpha value is -2.82. The summed E-state index contributed by atoms with van der Waals surface area (Å²) in [4.78, 5) is 26.8. The highest BCUT2D eigenvalue weighted by Crippen LogP contribution is 2.50. The van der Waals surface area contributed by atoms with Gasteiger partial charge in [-0.25, -0.2) is 0 Å². The van der Waals surface area contributed by atoms with Gasteiger partial charge >= 0.3 is 0 Å². The summed E-state index contributed by atoms with van der Waals surface area (Å²) in [6, 6.07) is 12.9. The number of methoxy groups -OCH3 is 1. The Labute approximate surface area is 152 Å². The van der Waals surface area contributed by atoms with Gasteiger partial charge in [0.25, 0.3) is 5.91 Å². The predicted octanol–water partition coefficient (Wildman–Crippen LogP) is 2.62. The Morgan fingerprint density at radius 1 is 1.19 bits per heavy atom. The van der Waals surface area contributed by atoms with Gasteiger partial charge in [-0.1, -0.05) is 29.8 Å². The van der Waals surface area contributed by atoms with E-state index in [1.54, 1.807) is 12.0 Å². The average molecular weight is 350 g/mol. The second kappa shape index (κ2) is 6.16. The van der Waals surface area contributed by atoms with Gasteiger partial charge in [0.15, 0.2) is 0 Å². The normalized spacial score (nSPS) is 23.5. The molecule has 3 atom stereocenters. The van der Waals surface area contributed by atoms with Crippen LogP contribution in [0.25, 0.3) is 11.1 Å². The number of ether oxygens (including phenoxy) is 1. The predicted molar refractivity (Wildman–Crippen MR) is 98.8 cm³/mol. The van der Waals surface area contributed by atoms with E-state index in [0.717, 1.165) is 28.9 Å². The summed E-state index contributed by atoms with van der Waals surface area (Å²) in [5.74, 6) is 0.862. The van der Waals surface area contributed by atoms with Crippen molar-refractivity contribution in [1.29, 1.82) is 0 Å². The zero-order valence-electron chi connectivity index (χ0n) is 14.9. The Balaban J connectivity index is 1.75. The summed E-state index contributed by atoms with van der Waals surface area (Å²) in [5, 5.41) is 0. The molecule has 1 saturated heterocycles. The molecular weight excluding hydrogens is 328 g/mol. The van der Waals surface area contributed by atoms with Crippen LogP contribution in [0.4, 0.5) is 0 Å². The molecule has 5 nitrogen and oxygen atoms in total. The van der Waals surface area contributed by atoms with E-state index in [2.05, 4.69) is 0 Å². The lowest BCUT2D eigenvalue weighted by Gasteiger charge is -2.26. The fraction of sp³-hybridized carbons (Fsp3) is 0.333. The third kappa shape index (κ3) is 2.73. The standard InChI is InChI=1S/C21H22N2O3/c1-12-6-7-16(17(8-12)13-4-3-5-15(9-13)26-2)21(25)23-11-14-10-18(14)19(23)20(22)24/h3-9,14,18-19H,10-11H2,1-2H3,(H2,22,24)/t14-,18-,19+/m1/s1. The number of carbonyl (C=O) groups excluding carboxylic acids is 2. The van der Waals surface area contributed by atoms with Crippen LogP contribution in [0.2, 0.25) is 0 Å². The lowest BCUT2D eigenvalue weighted by Crippen LogP contribution is -2.46. The van der Waals surface area contributed by atoms with E-state index >= 15 is 0 Å². The van der Waals surface area contributed by atoms with Gasteiger partial charge in [-0.05, 0) is 54.5 Å². The first kappa shape index (κ1) is 16.6. The van der Waals surface area contributed by atoms with Crippen LogP contribution in [0.1, 0.15) is 22.3 Å². The number of nitrogens with zero attached hydrogens (tertiary/aromatic N) is 1. The van der Waals surface area contributed by atoms with Gasteiger partial charge in [0.2, 0.25) is 5.91 Å². The first-order chi connectivity index (χ1) is 12.5. The number of hydrogen-bond donors (Lipinski definition) is 1. The SMILES string of the molecule is COc1cccc(-c2cc(C)ccc2C(=O)N2C[C@H]3C[C@H]3[C@H]2C(N)=O)c1. The number of primary amides is 1. The fourth-order valence-electron chi connectivity index (χ4n) is 4.07. The number of nitrogens with two attached hydrogens (primary N) is 1. The lowest BCUT2D eigenvalue weighted by molar-refractivity contribution is -0.122. The molecule has 2 aromatic rings. The number of carbonyl (C=O) groups is 2. The minimum absolute atomic E-state index is 0.126. The van der Waals surface area contributed by atoms with Crippen LogP contribution in [0.3, 0.4) is 0 Å². The van der Waals surface area contributed by atoms with Crippen molar-refractivity contribution in [2.45, 2.75) is 19.4 Å². The smallest absolute Gasteiger partial charge is 0.255 e. The number of rotatable bonds is 4. The summed E-state index contributed by atoms with van der Waals surface area (Å²) in [7, 11) is 1.62. The number of fused-ring (bicyclic) bond motifs is 1. The number of benzene rings is 2. The van der Waals surface area contributed by atoms with Crippen molar-refractivity contribution in [3.63, 3.8) is 0 Å². The van der Waals surface area contributed by atoms with Gasteiger partial charge in [0, 0.05) is 12.1 Å². The molecule has 5 heteroatoms. The van der Waals surface area contributed by atoms with Crippen LogP contribution in [0, 0.1) is 18.8 Å². The Morgan fingerprint density at radius 3 is 2.73 bits per heavy atom. The van der Waals surface area contributed by atoms with E-state index in [0.29, 0.717) is 18.0 Å². The molecule has 26 heavy (non-hydrogen) atoms. The topological polar surface area (TPSA) is 72.6 Å². The van der Waals surface area contributed by atoms with Gasteiger partial charge in [0.05, 0.1) is 7.11 Å². The number of hydrogen-bond acceptors (Lipinski definition) is 3. The number of aryl methyl sites for hydroxylation is 1. The monoisotopic (exact) mass is 350 g/mol. The third-order valence-electron chi connectivity index (χ3n) is 5.49. The zero-order valence-corrected chi connectivity index (χ0v) is 14.9. The minimum Gasteiger partial charge on any atom is -0.497 e. The molecule has 1 aliphatic carbocycles. The third-order valence-corrected chi connectivity index (χ3v) is 5.49. The number of likely N-dealkylation sites (tertiary alicyclic amines) is 1. The van der Waals surface area contributed by atoms with Gasteiger partial charge in [-0.2, -0.15) is 0 Å². The highest BCUT2D eigenvalue weighted by atomic mass is 16.5. The molecule has 0 bridgehead atoms. The van der Waals surface area contributed by atoms with Gasteiger partial charge in [0.1, 0.15) is 11.8 Å². The molecule has 0 aromatic heterocycles. The maximum atomic E-state index is 13.3. The quantitative estimate of drug-likeness (QED) is 0.921. The van der Waals surface area contributed by atoms with E-state index in [4.69, 9.17) is 10.5 Å². The number of piperidine rings is 1. The highest BCUT2D eigenvalue weighted by Gasteiger charge is 2.56. The molecule has 2 N–H and O–H groups in total. The number of amides is 2. The molecule has 134 valence electrons. The Morgan fingerprint density at radius 2 is 2.00 bits per heavy atom. The molecule has 1 saturated carbocycles. The van der Waals surface area contributed by atoms with Gasteiger partial charge in [-0.3, -0.25) is 9.59 Å². The lowest BCUT2D eigenvalue weighted by atomic mass is 9.96. The maximum absolute atomic E-state index is 13.3. The molecule has 2 fully saturated rings. The second-order valence-corrected chi connectivity index (χ2v) is 7.25. The molecule has 2 amide bonds. The molecule has 2 aromatic carbocycles. The van der Waals surface area contributed by atoms with Crippen LogP contribution in [-0.4, -0.2) is 36.4 Å². The molecule has 4 rings (SSSR count). The van der Waals surface area contributed by atoms with Crippen molar-refractivity contribution >= 4 is 11.8 Å². The van der Waals surface area contributed by atoms with E-state index in [1.807, 2.05) is 49.4 Å². The summed E-state index contributed by atoms with van der Waals surface area (Å²) in [5.41, 5.74) is 9.00. The van der Waals surface area contributed by atoms with Crippen LogP contribution < -0.4 is 10.5 Å². The van der Waals surface area contributed by atoms with Crippen LogP contribution in [-0.2, 0) is 4.79 Å². The molecular formula is C21H22N2O3. The molecule has 1 aliphatic heterocycles. The largest absolute Gasteiger partial charge is 0.497 e. The van der Waals surface area contributed by atoms with Crippen LogP contribution in [0.15, 0.2) is 42.5 Å². The highest BCUT2D eigenvalue weighted by molar-refractivity contribution is 6.03. The first-order valence-electron chi connectivity index (χ1n) is 8.85. The fourth-order valence-corrected chi connectivity index (χ4v) is 4.07. The van der Waals surface area contributed by atoms with Gasteiger partial charge < -0.3 is 15.4 Å². The first-order valence-corrected chi connectivity index (χ1v) is 8.85. The maximum Gasteiger partial charge on any atom is 0.255 e. The summed E-state index contributed by atoms with van der Waals surface area (Å²) in [6.07, 6.45) is 0.994. The molecule has 0 spiro atoms. The van der Waals surface area contributed by atoms with E-state index in [1.165, 1.54) is 0 Å². The second-order valence-electron chi connectivity index (χ2n) is 7.25. The average Bonchev–Trinajstić information content (AvgIpc) is 3.30. The molecule has 0 radical (unpaired) electrons. The van der Waals surface area contributed by atoms with Crippen molar-refractivity contribution in [3.8, 4) is 16.9 Å². The summed E-state index contributed by atoms with van der Waals surface area (Å²) >= 11 is 0. The summed E-state index contributed by atoms with van der Waals surface area (Å²) < 4.78 is 5.32. The van der Waals surface area contributed by atoms with Gasteiger partial charge in [-0.15, -0.1) is 0 Å². The minimum atomic E-state index is -0.480. The van der Waals surface area contributed by atoms with Crippen LogP contribution in [0.5, 0.6) is 5.75 Å². The van der Waals surface area contributed by atoms with Crippen molar-refractivity contribution in [1.82, 2.24) is 4.90 Å². The molecule has 2 aliphatic rings. The summed E-state index contributed by atoms with van der Waals surface area (Å²) in [6.45, 7) is 2.61. The Bertz CT molecular complexity index is 893. The van der Waals surface area contributed by atoms with Crippen LogP contribution >= 0.6 is 0 Å².